The van der Waals surface area contributed by atoms with Crippen molar-refractivity contribution in [2.45, 2.75) is 38.4 Å². The number of ether oxygens (including phenoxy) is 2. The molecule has 3 rings (SSSR count). The van der Waals surface area contributed by atoms with Crippen LogP contribution >= 0.6 is 11.6 Å². The van der Waals surface area contributed by atoms with Crippen LogP contribution in [0.1, 0.15) is 31.2 Å². The first-order valence-electron chi connectivity index (χ1n) is 9.38. The minimum Gasteiger partial charge on any atom is -0.462 e. The first-order chi connectivity index (χ1) is 13.2. The molecular weight excluding hydrogens is 364 g/mol. The van der Waals surface area contributed by atoms with Crippen molar-refractivity contribution in [2.75, 3.05) is 24.6 Å². The van der Waals surface area contributed by atoms with Crippen LogP contribution in [0.3, 0.4) is 0 Å². The smallest absolute Gasteiger partial charge is 0.306 e. The molecule has 0 spiro atoms. The van der Waals surface area contributed by atoms with E-state index in [1.165, 1.54) is 0 Å². The maximum absolute atomic E-state index is 12.0. The van der Waals surface area contributed by atoms with E-state index in [9.17, 15) is 4.79 Å². The Hall–Kier alpha value is -2.11. The van der Waals surface area contributed by atoms with Crippen LogP contribution in [0.25, 0.3) is 0 Å². The van der Waals surface area contributed by atoms with Crippen molar-refractivity contribution >= 4 is 23.4 Å². The third kappa shape index (κ3) is 6.52. The van der Waals surface area contributed by atoms with Crippen LogP contribution in [-0.4, -0.2) is 36.8 Å². The molecule has 1 saturated heterocycles. The summed E-state index contributed by atoms with van der Waals surface area (Å²) in [6.07, 6.45) is 4.36. The molecule has 0 unspecified atom stereocenters. The fourth-order valence-corrected chi connectivity index (χ4v) is 3.20. The van der Waals surface area contributed by atoms with Gasteiger partial charge >= 0.3 is 5.97 Å². The Labute approximate surface area is 165 Å². The Morgan fingerprint density at radius 1 is 1.15 bits per heavy atom. The maximum atomic E-state index is 12.0. The SMILES string of the molecule is O=C(CCCOCc1ccccc1)OC1CCN(c2ccc(Cl)cn2)CC1. The predicted molar refractivity (Wildman–Crippen MR) is 106 cm³/mol. The normalized spacial score (nSPS) is 14.9. The number of pyridine rings is 1. The van der Waals surface area contributed by atoms with Crippen LogP contribution in [0.5, 0.6) is 0 Å². The third-order valence-electron chi connectivity index (χ3n) is 4.56. The molecule has 0 radical (unpaired) electrons. The number of anilines is 1. The number of halogens is 1. The highest BCUT2D eigenvalue weighted by Crippen LogP contribution is 2.21. The molecule has 2 heterocycles. The van der Waals surface area contributed by atoms with Gasteiger partial charge in [-0.05, 0) is 24.1 Å². The summed E-state index contributed by atoms with van der Waals surface area (Å²) in [5.41, 5.74) is 1.14. The molecule has 1 aromatic carbocycles. The number of rotatable bonds is 8. The van der Waals surface area contributed by atoms with Crippen molar-refractivity contribution in [1.29, 1.82) is 0 Å². The number of piperidine rings is 1. The predicted octanol–water partition coefficient (Wildman–Crippen LogP) is 4.24. The molecule has 144 valence electrons. The van der Waals surface area contributed by atoms with Crippen molar-refractivity contribution in [3.05, 3.63) is 59.2 Å². The molecule has 2 aromatic rings. The summed E-state index contributed by atoms with van der Waals surface area (Å²) in [4.78, 5) is 18.5. The monoisotopic (exact) mass is 388 g/mol. The Morgan fingerprint density at radius 2 is 1.93 bits per heavy atom. The lowest BCUT2D eigenvalue weighted by Gasteiger charge is -2.32. The molecule has 1 aromatic heterocycles. The summed E-state index contributed by atoms with van der Waals surface area (Å²) in [7, 11) is 0. The number of aromatic nitrogens is 1. The summed E-state index contributed by atoms with van der Waals surface area (Å²) in [5.74, 6) is 0.779. The number of benzene rings is 1. The second-order valence-electron chi connectivity index (χ2n) is 6.65. The Balaban J connectivity index is 1.28. The maximum Gasteiger partial charge on any atom is 0.306 e. The molecular formula is C21H25ClN2O3. The Bertz CT molecular complexity index is 701. The summed E-state index contributed by atoms with van der Waals surface area (Å²) >= 11 is 5.88. The number of hydrogen-bond donors (Lipinski definition) is 0. The highest BCUT2D eigenvalue weighted by molar-refractivity contribution is 6.30. The molecule has 0 aliphatic carbocycles. The van der Waals surface area contributed by atoms with Crippen LogP contribution in [0, 0.1) is 0 Å². The summed E-state index contributed by atoms with van der Waals surface area (Å²) < 4.78 is 11.2. The van der Waals surface area contributed by atoms with Gasteiger partial charge in [0, 0.05) is 45.2 Å². The molecule has 0 saturated carbocycles. The Morgan fingerprint density at radius 3 is 2.63 bits per heavy atom. The number of nitrogens with zero attached hydrogens (tertiary/aromatic N) is 2. The van der Waals surface area contributed by atoms with Crippen molar-refractivity contribution in [3.63, 3.8) is 0 Å². The number of hydrogen-bond acceptors (Lipinski definition) is 5. The fourth-order valence-electron chi connectivity index (χ4n) is 3.09. The van der Waals surface area contributed by atoms with Crippen molar-refractivity contribution in [1.82, 2.24) is 4.98 Å². The van der Waals surface area contributed by atoms with Gasteiger partial charge in [-0.3, -0.25) is 4.79 Å². The number of carbonyl (C=O) groups is 1. The van der Waals surface area contributed by atoms with E-state index in [1.54, 1.807) is 6.20 Å². The second kappa shape index (κ2) is 10.3. The van der Waals surface area contributed by atoms with Gasteiger partial charge in [0.05, 0.1) is 11.6 Å². The molecule has 5 nitrogen and oxygen atoms in total. The first-order valence-corrected chi connectivity index (χ1v) is 9.76. The molecule has 0 N–H and O–H groups in total. The molecule has 27 heavy (non-hydrogen) atoms. The lowest BCUT2D eigenvalue weighted by molar-refractivity contribution is -0.150. The molecule has 1 fully saturated rings. The highest BCUT2D eigenvalue weighted by Gasteiger charge is 2.22. The van der Waals surface area contributed by atoms with Crippen LogP contribution in [0.2, 0.25) is 5.02 Å². The van der Waals surface area contributed by atoms with Gasteiger partial charge < -0.3 is 14.4 Å². The standard InChI is InChI=1S/C21H25ClN2O3/c22-18-8-9-20(23-15-18)24-12-10-19(11-13-24)27-21(25)7-4-14-26-16-17-5-2-1-3-6-17/h1-3,5-6,8-9,15,19H,4,7,10-14,16H2. The largest absolute Gasteiger partial charge is 0.462 e. The van der Waals surface area contributed by atoms with E-state index in [2.05, 4.69) is 9.88 Å². The van der Waals surface area contributed by atoms with E-state index >= 15 is 0 Å². The van der Waals surface area contributed by atoms with Gasteiger partial charge in [-0.25, -0.2) is 4.98 Å². The minimum atomic E-state index is -0.138. The average molecular weight is 389 g/mol. The lowest BCUT2D eigenvalue weighted by Crippen LogP contribution is -2.38. The zero-order valence-electron chi connectivity index (χ0n) is 15.4. The molecule has 1 aliphatic rings. The number of carbonyl (C=O) groups excluding carboxylic acids is 1. The van der Waals surface area contributed by atoms with Crippen molar-refractivity contribution in [3.8, 4) is 0 Å². The van der Waals surface area contributed by atoms with Crippen molar-refractivity contribution < 1.29 is 14.3 Å². The first kappa shape index (κ1) is 19.6. The highest BCUT2D eigenvalue weighted by atomic mass is 35.5. The minimum absolute atomic E-state index is 0.00807. The van der Waals surface area contributed by atoms with Gasteiger partial charge in [-0.1, -0.05) is 41.9 Å². The van der Waals surface area contributed by atoms with Gasteiger partial charge in [0.15, 0.2) is 0 Å². The second-order valence-corrected chi connectivity index (χ2v) is 7.09. The van der Waals surface area contributed by atoms with Crippen LogP contribution in [0.15, 0.2) is 48.7 Å². The zero-order chi connectivity index (χ0) is 18.9. The van der Waals surface area contributed by atoms with Gasteiger partial charge in [0.1, 0.15) is 11.9 Å². The third-order valence-corrected chi connectivity index (χ3v) is 4.78. The van der Waals surface area contributed by atoms with Crippen molar-refractivity contribution in [2.24, 2.45) is 0 Å². The quantitative estimate of drug-likeness (QED) is 0.500. The molecule has 1 aliphatic heterocycles. The molecule has 0 amide bonds. The number of esters is 1. The van der Waals surface area contributed by atoms with Gasteiger partial charge in [0.2, 0.25) is 0 Å². The summed E-state index contributed by atoms with van der Waals surface area (Å²) in [5, 5.41) is 0.635. The zero-order valence-corrected chi connectivity index (χ0v) is 16.1. The van der Waals surface area contributed by atoms with E-state index in [1.807, 2.05) is 42.5 Å². The van der Waals surface area contributed by atoms with Gasteiger partial charge in [-0.2, -0.15) is 0 Å². The van der Waals surface area contributed by atoms with E-state index in [-0.39, 0.29) is 12.1 Å². The topological polar surface area (TPSA) is 51.7 Å². The lowest BCUT2D eigenvalue weighted by atomic mass is 10.1. The van der Waals surface area contributed by atoms with E-state index < -0.39 is 0 Å². The van der Waals surface area contributed by atoms with Crippen LogP contribution in [0.4, 0.5) is 5.82 Å². The van der Waals surface area contributed by atoms with E-state index in [0.29, 0.717) is 31.1 Å². The Kier molecular flexibility index (Phi) is 7.48. The van der Waals surface area contributed by atoms with Crippen LogP contribution < -0.4 is 4.90 Å². The molecule has 6 heteroatoms. The summed E-state index contributed by atoms with van der Waals surface area (Å²) in [6, 6.07) is 13.8. The van der Waals surface area contributed by atoms with E-state index in [0.717, 1.165) is 37.3 Å². The molecule has 0 bridgehead atoms. The molecule has 0 atom stereocenters. The average Bonchev–Trinajstić information content (AvgIpc) is 2.70. The van der Waals surface area contributed by atoms with Crippen LogP contribution in [-0.2, 0) is 20.9 Å². The summed E-state index contributed by atoms with van der Waals surface area (Å²) in [6.45, 7) is 2.79. The van der Waals surface area contributed by atoms with Gasteiger partial charge in [-0.15, -0.1) is 0 Å². The van der Waals surface area contributed by atoms with Gasteiger partial charge in [0.25, 0.3) is 0 Å². The van der Waals surface area contributed by atoms with E-state index in [4.69, 9.17) is 21.1 Å². The fraction of sp³-hybridized carbons (Fsp3) is 0.429.